The third kappa shape index (κ3) is 2.47. The molecule has 1 rings (SSSR count). The molecule has 0 N–H and O–H groups in total. The van der Waals surface area contributed by atoms with Crippen LogP contribution < -0.4 is 0 Å². The van der Waals surface area contributed by atoms with Crippen LogP contribution in [-0.4, -0.2) is 29.8 Å². The van der Waals surface area contributed by atoms with Crippen LogP contribution >= 0.6 is 0 Å². The molecule has 0 aromatic heterocycles. The summed E-state index contributed by atoms with van der Waals surface area (Å²) >= 11 is 0. The standard InChI is InChI=1S/C7H7N3O6S/c1-8(10(13)14)17(15,16)7-4-2-3-6(5-7)9(11)12/h2-5H,1H3. The number of sulfonamides is 1. The van der Waals surface area contributed by atoms with Crippen molar-refractivity contribution in [1.82, 2.24) is 4.41 Å². The van der Waals surface area contributed by atoms with Gasteiger partial charge in [0.25, 0.3) is 5.69 Å². The molecule has 0 fully saturated rings. The topological polar surface area (TPSA) is 124 Å². The Morgan fingerprint density at radius 2 is 1.82 bits per heavy atom. The van der Waals surface area contributed by atoms with E-state index in [4.69, 9.17) is 0 Å². The van der Waals surface area contributed by atoms with E-state index in [0.717, 1.165) is 31.3 Å². The van der Waals surface area contributed by atoms with Crippen LogP contribution in [0.3, 0.4) is 0 Å². The maximum Gasteiger partial charge on any atom is 0.313 e. The first-order chi connectivity index (χ1) is 7.76. The lowest BCUT2D eigenvalue weighted by atomic mass is 10.3. The first-order valence-corrected chi connectivity index (χ1v) is 5.58. The Balaban J connectivity index is 3.30. The maximum absolute atomic E-state index is 11.6. The molecule has 0 saturated carbocycles. The minimum absolute atomic E-state index is 0.105. The largest absolute Gasteiger partial charge is 0.313 e. The molecule has 0 saturated heterocycles. The summed E-state index contributed by atoms with van der Waals surface area (Å²) in [6.07, 6.45) is 0. The summed E-state index contributed by atoms with van der Waals surface area (Å²) in [6.45, 7) is 0. The molecule has 10 heteroatoms. The monoisotopic (exact) mass is 261 g/mol. The van der Waals surface area contributed by atoms with E-state index in [9.17, 15) is 28.6 Å². The zero-order valence-corrected chi connectivity index (χ0v) is 9.33. The fourth-order valence-corrected chi connectivity index (χ4v) is 2.00. The quantitative estimate of drug-likeness (QED) is 0.571. The molecule has 1 aromatic carbocycles. The lowest BCUT2D eigenvalue weighted by Gasteiger charge is -2.08. The summed E-state index contributed by atoms with van der Waals surface area (Å²) in [4.78, 5) is 19.5. The van der Waals surface area contributed by atoms with Gasteiger partial charge in [0.1, 0.15) is 0 Å². The molecule has 0 bridgehead atoms. The first kappa shape index (κ1) is 12.8. The number of benzene rings is 1. The van der Waals surface area contributed by atoms with Gasteiger partial charge < -0.3 is 0 Å². The zero-order chi connectivity index (χ0) is 13.2. The van der Waals surface area contributed by atoms with Crippen LogP contribution in [0.25, 0.3) is 0 Å². The van der Waals surface area contributed by atoms with Crippen molar-refractivity contribution in [2.24, 2.45) is 0 Å². The van der Waals surface area contributed by atoms with Gasteiger partial charge in [-0.15, -0.1) is 0 Å². The summed E-state index contributed by atoms with van der Waals surface area (Å²) in [5.74, 6) is 0. The van der Waals surface area contributed by atoms with Gasteiger partial charge in [0.2, 0.25) is 0 Å². The van der Waals surface area contributed by atoms with Crippen LogP contribution in [0.1, 0.15) is 0 Å². The Bertz CT molecular complexity index is 569. The molecule has 0 unspecified atom stereocenters. The van der Waals surface area contributed by atoms with Crippen molar-refractivity contribution in [3.05, 3.63) is 44.5 Å². The smallest absolute Gasteiger partial charge is 0.258 e. The van der Waals surface area contributed by atoms with Crippen molar-refractivity contribution in [3.8, 4) is 0 Å². The second kappa shape index (κ2) is 4.33. The number of hydrogen-bond acceptors (Lipinski definition) is 6. The summed E-state index contributed by atoms with van der Waals surface area (Å²) in [5, 5.41) is 19.7. The van der Waals surface area contributed by atoms with Crippen molar-refractivity contribution in [1.29, 1.82) is 0 Å². The molecule has 0 amide bonds. The van der Waals surface area contributed by atoms with Crippen LogP contribution in [0.2, 0.25) is 0 Å². The number of nitrogens with zero attached hydrogens (tertiary/aromatic N) is 3. The van der Waals surface area contributed by atoms with Crippen LogP contribution in [-0.2, 0) is 10.0 Å². The van der Waals surface area contributed by atoms with E-state index < -0.39 is 30.6 Å². The molecular weight excluding hydrogens is 254 g/mol. The van der Waals surface area contributed by atoms with E-state index in [1.54, 1.807) is 0 Å². The molecule has 9 nitrogen and oxygen atoms in total. The summed E-state index contributed by atoms with van der Waals surface area (Å²) < 4.78 is 23.1. The minimum Gasteiger partial charge on any atom is -0.258 e. The van der Waals surface area contributed by atoms with Gasteiger partial charge in [-0.05, 0) is 10.5 Å². The molecule has 1 aromatic rings. The van der Waals surface area contributed by atoms with Gasteiger partial charge in [0, 0.05) is 12.1 Å². The number of rotatable bonds is 4. The van der Waals surface area contributed by atoms with Crippen molar-refractivity contribution < 1.29 is 18.4 Å². The number of hydrazine groups is 1. The molecule has 0 atom stereocenters. The Labute approximate surface area is 95.6 Å². The lowest BCUT2D eigenvalue weighted by molar-refractivity contribution is -0.613. The van der Waals surface area contributed by atoms with E-state index >= 15 is 0 Å². The van der Waals surface area contributed by atoms with Gasteiger partial charge in [0.05, 0.1) is 16.9 Å². The van der Waals surface area contributed by atoms with Crippen LogP contribution in [0.15, 0.2) is 29.2 Å². The molecule has 0 aliphatic rings. The maximum atomic E-state index is 11.6. The van der Waals surface area contributed by atoms with E-state index in [-0.39, 0.29) is 4.41 Å². The van der Waals surface area contributed by atoms with Crippen molar-refractivity contribution in [3.63, 3.8) is 0 Å². The predicted octanol–water partition coefficient (Wildman–Crippen LogP) is 0.407. The molecular formula is C7H7N3O6S. The average molecular weight is 261 g/mol. The average Bonchev–Trinajstić information content (AvgIpc) is 2.28. The molecule has 0 aliphatic carbocycles. The Kier molecular flexibility index (Phi) is 3.27. The van der Waals surface area contributed by atoms with Crippen molar-refractivity contribution >= 4 is 15.7 Å². The van der Waals surface area contributed by atoms with Gasteiger partial charge in [-0.25, -0.2) is 10.1 Å². The van der Waals surface area contributed by atoms with Crippen molar-refractivity contribution in [2.75, 3.05) is 7.05 Å². The molecule has 0 spiro atoms. The van der Waals surface area contributed by atoms with Gasteiger partial charge in [-0.2, -0.15) is 8.42 Å². The molecule has 0 heterocycles. The first-order valence-electron chi connectivity index (χ1n) is 4.14. The Morgan fingerprint density at radius 3 is 2.29 bits per heavy atom. The van der Waals surface area contributed by atoms with Crippen LogP contribution in [0, 0.1) is 20.2 Å². The van der Waals surface area contributed by atoms with Crippen molar-refractivity contribution in [2.45, 2.75) is 4.90 Å². The summed E-state index contributed by atoms with van der Waals surface area (Å²) in [5.41, 5.74) is -0.456. The highest BCUT2D eigenvalue weighted by Crippen LogP contribution is 2.19. The van der Waals surface area contributed by atoms with Gasteiger partial charge >= 0.3 is 10.0 Å². The van der Waals surface area contributed by atoms with Gasteiger partial charge in [0.15, 0.2) is 5.03 Å². The fourth-order valence-electron chi connectivity index (χ4n) is 0.998. The SMILES string of the molecule is CN([N+](=O)[O-])S(=O)(=O)c1cccc([N+](=O)[O-])c1. The fraction of sp³-hybridized carbons (Fsp3) is 0.143. The Morgan fingerprint density at radius 1 is 1.24 bits per heavy atom. The van der Waals surface area contributed by atoms with Crippen LogP contribution in [0.5, 0.6) is 0 Å². The number of nitro groups is 2. The van der Waals surface area contributed by atoms with Gasteiger partial charge in [-0.3, -0.25) is 10.1 Å². The highest BCUT2D eigenvalue weighted by atomic mass is 32.2. The summed E-state index contributed by atoms with van der Waals surface area (Å²) in [6, 6.07) is 4.03. The van der Waals surface area contributed by atoms with Gasteiger partial charge in [-0.1, -0.05) is 6.07 Å². The molecule has 0 radical (unpaired) electrons. The minimum atomic E-state index is -4.36. The second-order valence-electron chi connectivity index (χ2n) is 2.93. The number of nitro benzene ring substituents is 1. The number of hydrogen-bond donors (Lipinski definition) is 0. The normalized spacial score (nSPS) is 10.9. The second-order valence-corrected chi connectivity index (χ2v) is 4.88. The lowest BCUT2D eigenvalue weighted by Crippen LogP contribution is -2.32. The Hall–Kier alpha value is -2.23. The molecule has 92 valence electrons. The molecule has 0 aliphatic heterocycles. The van der Waals surface area contributed by atoms with E-state index in [2.05, 4.69) is 0 Å². The zero-order valence-electron chi connectivity index (χ0n) is 8.51. The highest BCUT2D eigenvalue weighted by molar-refractivity contribution is 7.89. The predicted molar refractivity (Wildman–Crippen MR) is 55.0 cm³/mol. The van der Waals surface area contributed by atoms with E-state index in [1.165, 1.54) is 0 Å². The highest BCUT2D eigenvalue weighted by Gasteiger charge is 2.29. The third-order valence-electron chi connectivity index (χ3n) is 1.90. The molecule has 17 heavy (non-hydrogen) atoms. The van der Waals surface area contributed by atoms with Crippen LogP contribution in [0.4, 0.5) is 5.69 Å². The van der Waals surface area contributed by atoms with E-state index in [0.29, 0.717) is 0 Å². The number of non-ortho nitro benzene ring substituents is 1. The van der Waals surface area contributed by atoms with E-state index in [1.807, 2.05) is 0 Å². The summed E-state index contributed by atoms with van der Waals surface area (Å²) in [7, 11) is -3.62. The third-order valence-corrected chi connectivity index (χ3v) is 3.58.